The molecule has 0 aliphatic heterocycles. The predicted molar refractivity (Wildman–Crippen MR) is 67.4 cm³/mol. The minimum absolute atomic E-state index is 0.348. The molecule has 0 saturated carbocycles. The van der Waals surface area contributed by atoms with Crippen LogP contribution >= 0.6 is 11.6 Å². The number of hydrogen-bond donors (Lipinski definition) is 0. The molecule has 0 N–H and O–H groups in total. The Hall–Kier alpha value is -1.02. The molecule has 0 bridgehead atoms. The highest BCUT2D eigenvalue weighted by atomic mass is 35.5. The third-order valence-electron chi connectivity index (χ3n) is 3.06. The molecule has 1 atom stereocenters. The average Bonchev–Trinajstić information content (AvgIpc) is 2.26. The van der Waals surface area contributed by atoms with Crippen molar-refractivity contribution in [1.82, 2.24) is 0 Å². The summed E-state index contributed by atoms with van der Waals surface area (Å²) in [6.07, 6.45) is 5.25. The molecular weight excluding hydrogens is 222 g/mol. The number of rotatable bonds is 2. The van der Waals surface area contributed by atoms with Crippen LogP contribution in [0.5, 0.6) is 0 Å². The summed E-state index contributed by atoms with van der Waals surface area (Å²) in [5.41, 5.74) is 3.81. The van der Waals surface area contributed by atoms with Gasteiger partial charge in [-0.05, 0) is 48.9 Å². The second-order valence-corrected chi connectivity index (χ2v) is 4.66. The van der Waals surface area contributed by atoms with Crippen molar-refractivity contribution in [3.8, 4) is 0 Å². The van der Waals surface area contributed by atoms with Gasteiger partial charge < -0.3 is 4.84 Å². The lowest BCUT2D eigenvalue weighted by Gasteiger charge is -2.23. The molecule has 2 rings (SSSR count). The van der Waals surface area contributed by atoms with E-state index in [1.165, 1.54) is 16.7 Å². The molecule has 16 heavy (non-hydrogen) atoms. The number of nitrogens with zero attached hydrogens (tertiary/aromatic N) is 1. The van der Waals surface area contributed by atoms with Crippen molar-refractivity contribution in [2.75, 3.05) is 7.11 Å². The summed E-state index contributed by atoms with van der Waals surface area (Å²) < 4.78 is 0. The molecule has 0 amide bonds. The maximum atomic E-state index is 6.27. The van der Waals surface area contributed by atoms with Gasteiger partial charge in [-0.2, -0.15) is 0 Å². The van der Waals surface area contributed by atoms with Crippen molar-refractivity contribution in [1.29, 1.82) is 0 Å². The normalized spacial score (nSPS) is 19.8. The molecule has 0 heterocycles. The number of hydrogen-bond acceptors (Lipinski definition) is 2. The molecule has 1 aliphatic rings. The van der Waals surface area contributed by atoms with Gasteiger partial charge >= 0.3 is 0 Å². The van der Waals surface area contributed by atoms with Crippen molar-refractivity contribution in [2.45, 2.75) is 32.1 Å². The lowest BCUT2D eigenvalue weighted by molar-refractivity contribution is 0.214. The molecule has 1 aromatic rings. The summed E-state index contributed by atoms with van der Waals surface area (Å²) in [6.45, 7) is 2.07. The summed E-state index contributed by atoms with van der Waals surface area (Å²) in [4.78, 5) is 4.76. The number of halogens is 1. The highest BCUT2D eigenvalue weighted by molar-refractivity contribution is 6.31. The number of fused-ring (bicyclic) bond motifs is 1. The predicted octanol–water partition coefficient (Wildman–Crippen LogP) is 3.70. The Labute approximate surface area is 101 Å². The number of aryl methyl sites for hydroxylation is 1. The third kappa shape index (κ3) is 2.22. The van der Waals surface area contributed by atoms with Crippen LogP contribution in [0, 0.1) is 6.92 Å². The van der Waals surface area contributed by atoms with Crippen molar-refractivity contribution >= 4 is 17.8 Å². The van der Waals surface area contributed by atoms with E-state index in [0.29, 0.717) is 5.92 Å². The van der Waals surface area contributed by atoms with Crippen LogP contribution < -0.4 is 0 Å². The second-order valence-electron chi connectivity index (χ2n) is 4.25. The van der Waals surface area contributed by atoms with E-state index in [4.69, 9.17) is 16.4 Å². The third-order valence-corrected chi connectivity index (χ3v) is 3.40. The average molecular weight is 238 g/mol. The summed E-state index contributed by atoms with van der Waals surface area (Å²) in [5, 5.41) is 4.78. The van der Waals surface area contributed by atoms with Gasteiger partial charge in [-0.3, -0.25) is 0 Å². The Morgan fingerprint density at radius 1 is 1.50 bits per heavy atom. The van der Waals surface area contributed by atoms with Crippen LogP contribution in [0.2, 0.25) is 5.02 Å². The first-order valence-electron chi connectivity index (χ1n) is 5.58. The quantitative estimate of drug-likeness (QED) is 0.568. The SMILES string of the molecule is CON=CC1CCCc2c(Cl)cc(C)cc21. The van der Waals surface area contributed by atoms with Gasteiger partial charge in [-0.15, -0.1) is 0 Å². The standard InChI is InChI=1S/C13H16ClNO/c1-9-6-12-10(8-15-16-2)4-3-5-11(12)13(14)7-9/h6-8,10H,3-5H2,1-2H3. The van der Waals surface area contributed by atoms with E-state index in [1.807, 2.05) is 12.3 Å². The van der Waals surface area contributed by atoms with E-state index in [2.05, 4.69) is 18.1 Å². The van der Waals surface area contributed by atoms with Gasteiger partial charge in [0.2, 0.25) is 0 Å². The summed E-state index contributed by atoms with van der Waals surface area (Å²) in [6, 6.07) is 4.25. The van der Waals surface area contributed by atoms with Gasteiger partial charge in [0.15, 0.2) is 0 Å². The summed E-state index contributed by atoms with van der Waals surface area (Å²) in [5.74, 6) is 0.348. The van der Waals surface area contributed by atoms with E-state index < -0.39 is 0 Å². The van der Waals surface area contributed by atoms with Crippen LogP contribution in [0.4, 0.5) is 0 Å². The first kappa shape index (κ1) is 11.5. The maximum absolute atomic E-state index is 6.27. The molecule has 1 aliphatic carbocycles. The van der Waals surface area contributed by atoms with Gasteiger partial charge in [0, 0.05) is 10.9 Å². The Morgan fingerprint density at radius 2 is 2.31 bits per heavy atom. The first-order chi connectivity index (χ1) is 7.72. The van der Waals surface area contributed by atoms with Gasteiger partial charge in [-0.1, -0.05) is 22.8 Å². The van der Waals surface area contributed by atoms with E-state index in [1.54, 1.807) is 7.11 Å². The van der Waals surface area contributed by atoms with Crippen LogP contribution in [-0.2, 0) is 11.3 Å². The Morgan fingerprint density at radius 3 is 3.06 bits per heavy atom. The smallest absolute Gasteiger partial charge is 0.106 e. The zero-order valence-electron chi connectivity index (χ0n) is 9.66. The second kappa shape index (κ2) is 4.88. The van der Waals surface area contributed by atoms with Gasteiger partial charge in [-0.25, -0.2) is 0 Å². The largest absolute Gasteiger partial charge is 0.399 e. The van der Waals surface area contributed by atoms with E-state index >= 15 is 0 Å². The molecular formula is C13H16ClNO. The van der Waals surface area contributed by atoms with Gasteiger partial charge in [0.05, 0.1) is 6.21 Å². The molecule has 0 saturated heterocycles. The Balaban J connectivity index is 2.41. The van der Waals surface area contributed by atoms with E-state index in [0.717, 1.165) is 24.3 Å². The molecule has 86 valence electrons. The van der Waals surface area contributed by atoms with Gasteiger partial charge in [0.25, 0.3) is 0 Å². The minimum Gasteiger partial charge on any atom is -0.399 e. The van der Waals surface area contributed by atoms with Crippen LogP contribution in [0.1, 0.15) is 35.4 Å². The fourth-order valence-corrected chi connectivity index (χ4v) is 2.71. The zero-order chi connectivity index (χ0) is 11.5. The topological polar surface area (TPSA) is 21.6 Å². The van der Waals surface area contributed by atoms with Crippen LogP contribution in [0.25, 0.3) is 0 Å². The van der Waals surface area contributed by atoms with E-state index in [9.17, 15) is 0 Å². The van der Waals surface area contributed by atoms with Crippen LogP contribution in [0.3, 0.4) is 0 Å². The van der Waals surface area contributed by atoms with E-state index in [-0.39, 0.29) is 0 Å². The van der Waals surface area contributed by atoms with Crippen molar-refractivity contribution in [2.24, 2.45) is 5.16 Å². The first-order valence-corrected chi connectivity index (χ1v) is 5.95. The highest BCUT2D eigenvalue weighted by Gasteiger charge is 2.21. The minimum atomic E-state index is 0.348. The fraction of sp³-hybridized carbons (Fsp3) is 0.462. The van der Waals surface area contributed by atoms with Crippen LogP contribution in [0.15, 0.2) is 17.3 Å². The summed E-state index contributed by atoms with van der Waals surface area (Å²) >= 11 is 6.27. The molecule has 2 nitrogen and oxygen atoms in total. The van der Waals surface area contributed by atoms with Crippen molar-refractivity contribution in [3.05, 3.63) is 33.8 Å². The van der Waals surface area contributed by atoms with Crippen molar-refractivity contribution < 1.29 is 4.84 Å². The Bertz CT molecular complexity index is 415. The zero-order valence-corrected chi connectivity index (χ0v) is 10.4. The molecule has 1 aromatic carbocycles. The number of oxime groups is 1. The lowest BCUT2D eigenvalue weighted by Crippen LogP contribution is -2.12. The molecule has 0 radical (unpaired) electrons. The molecule has 0 fully saturated rings. The molecule has 0 spiro atoms. The monoisotopic (exact) mass is 237 g/mol. The van der Waals surface area contributed by atoms with Gasteiger partial charge in [0.1, 0.15) is 7.11 Å². The van der Waals surface area contributed by atoms with Crippen LogP contribution in [-0.4, -0.2) is 13.3 Å². The maximum Gasteiger partial charge on any atom is 0.106 e. The lowest BCUT2D eigenvalue weighted by atomic mass is 9.82. The Kier molecular flexibility index (Phi) is 3.49. The highest BCUT2D eigenvalue weighted by Crippen LogP contribution is 2.35. The molecule has 1 unspecified atom stereocenters. The molecule has 0 aromatic heterocycles. The fourth-order valence-electron chi connectivity index (χ4n) is 2.34. The summed E-state index contributed by atoms with van der Waals surface area (Å²) in [7, 11) is 1.57. The number of benzene rings is 1. The van der Waals surface area contributed by atoms with Crippen molar-refractivity contribution in [3.63, 3.8) is 0 Å². The molecule has 3 heteroatoms.